The molecule has 0 N–H and O–H groups in total. The van der Waals surface area contributed by atoms with Crippen LogP contribution >= 0.6 is 0 Å². The molecule has 0 heterocycles. The Morgan fingerprint density at radius 3 is 1.18 bits per heavy atom. The normalized spacial score (nSPS) is 12.5. The Kier molecular flexibility index (Phi) is 46.4. The highest BCUT2D eigenvalue weighted by Gasteiger charge is 2.19. The highest BCUT2D eigenvalue weighted by Crippen LogP contribution is 2.15. The van der Waals surface area contributed by atoms with Gasteiger partial charge in [0.15, 0.2) is 6.10 Å². The molecule has 0 aliphatic rings. The van der Waals surface area contributed by atoms with E-state index in [1.165, 1.54) is 122 Å². The molecule has 0 aromatic heterocycles. The average molecular weight is 839 g/mol. The van der Waals surface area contributed by atoms with E-state index in [9.17, 15) is 14.4 Å². The van der Waals surface area contributed by atoms with Gasteiger partial charge in [0, 0.05) is 19.3 Å². The quantitative estimate of drug-likeness (QED) is 0.0200. The van der Waals surface area contributed by atoms with Gasteiger partial charge in [-0.05, 0) is 70.6 Å². The maximum Gasteiger partial charge on any atom is 0.306 e. The number of rotatable bonds is 45. The van der Waals surface area contributed by atoms with Crippen LogP contribution in [0.15, 0.2) is 60.8 Å². The predicted molar refractivity (Wildman–Crippen MR) is 256 cm³/mol. The van der Waals surface area contributed by atoms with E-state index in [2.05, 4.69) is 81.5 Å². The fourth-order valence-electron chi connectivity index (χ4n) is 6.99. The van der Waals surface area contributed by atoms with Gasteiger partial charge in [-0.3, -0.25) is 14.4 Å². The Balaban J connectivity index is 4.44. The smallest absolute Gasteiger partial charge is 0.306 e. The third kappa shape index (κ3) is 46.2. The van der Waals surface area contributed by atoms with Gasteiger partial charge in [0.05, 0.1) is 0 Å². The standard InChI is InChI=1S/C54H94O6/c1-4-7-10-13-16-19-22-24-26-28-29-32-35-38-41-44-47-53(56)59-50-51(49-58-52(55)46-43-40-37-34-31-21-18-15-12-9-6-3)60-54(57)48-45-42-39-36-33-30-27-25-23-20-17-14-11-8-5-2/h9,12,18,21,26,28-29,32,34,37,51H,4-8,10-11,13-17,19-20,22-25,27,30-31,33,35-36,38-50H2,1-3H3/b12-9-,21-18-,28-26-,32-29-,37-34-. The second-order valence-electron chi connectivity index (χ2n) is 16.7. The summed E-state index contributed by atoms with van der Waals surface area (Å²) < 4.78 is 16.7. The lowest BCUT2D eigenvalue weighted by atomic mass is 10.0. The van der Waals surface area contributed by atoms with E-state index in [0.717, 1.165) is 77.0 Å². The molecule has 0 aliphatic heterocycles. The second-order valence-corrected chi connectivity index (χ2v) is 16.7. The molecule has 1 atom stereocenters. The number of hydrogen-bond donors (Lipinski definition) is 0. The van der Waals surface area contributed by atoms with E-state index in [1.54, 1.807) is 0 Å². The summed E-state index contributed by atoms with van der Waals surface area (Å²) in [6, 6.07) is 0. The molecular weight excluding hydrogens is 745 g/mol. The molecule has 0 aliphatic carbocycles. The van der Waals surface area contributed by atoms with Gasteiger partial charge in [-0.1, -0.05) is 216 Å². The van der Waals surface area contributed by atoms with Crippen molar-refractivity contribution in [2.24, 2.45) is 0 Å². The summed E-state index contributed by atoms with van der Waals surface area (Å²) in [5, 5.41) is 0. The Bertz CT molecular complexity index is 1100. The largest absolute Gasteiger partial charge is 0.462 e. The van der Waals surface area contributed by atoms with Crippen molar-refractivity contribution in [1.29, 1.82) is 0 Å². The Morgan fingerprint density at radius 2 is 0.717 bits per heavy atom. The fraction of sp³-hybridized carbons (Fsp3) is 0.759. The highest BCUT2D eigenvalue weighted by atomic mass is 16.6. The molecule has 60 heavy (non-hydrogen) atoms. The molecule has 0 radical (unpaired) electrons. The van der Waals surface area contributed by atoms with E-state index in [1.807, 2.05) is 0 Å². The van der Waals surface area contributed by atoms with Crippen LogP contribution in [0.3, 0.4) is 0 Å². The van der Waals surface area contributed by atoms with E-state index < -0.39 is 6.10 Å². The molecule has 1 unspecified atom stereocenters. The molecular formula is C54H94O6. The summed E-state index contributed by atoms with van der Waals surface area (Å²) in [5.74, 6) is -0.978. The number of carbonyl (C=O) groups excluding carboxylic acids is 3. The summed E-state index contributed by atoms with van der Waals surface area (Å²) in [6.45, 7) is 6.45. The fourth-order valence-corrected chi connectivity index (χ4v) is 6.99. The summed E-state index contributed by atoms with van der Waals surface area (Å²) in [6.07, 6.45) is 59.3. The Hall–Kier alpha value is -2.89. The van der Waals surface area contributed by atoms with E-state index in [0.29, 0.717) is 19.3 Å². The van der Waals surface area contributed by atoms with Gasteiger partial charge in [-0.2, -0.15) is 0 Å². The van der Waals surface area contributed by atoms with Crippen molar-refractivity contribution in [1.82, 2.24) is 0 Å². The lowest BCUT2D eigenvalue weighted by Gasteiger charge is -2.18. The van der Waals surface area contributed by atoms with Crippen molar-refractivity contribution < 1.29 is 28.6 Å². The summed E-state index contributed by atoms with van der Waals surface area (Å²) in [5.41, 5.74) is 0. The van der Waals surface area contributed by atoms with Gasteiger partial charge in [-0.15, -0.1) is 0 Å². The van der Waals surface area contributed by atoms with E-state index in [4.69, 9.17) is 14.2 Å². The number of ether oxygens (including phenoxy) is 3. The molecule has 0 amide bonds. The first-order valence-electron chi connectivity index (χ1n) is 25.3. The van der Waals surface area contributed by atoms with Gasteiger partial charge in [-0.25, -0.2) is 0 Å². The molecule has 0 rings (SSSR count). The van der Waals surface area contributed by atoms with Crippen LogP contribution in [0.2, 0.25) is 0 Å². The topological polar surface area (TPSA) is 78.9 Å². The number of allylic oxidation sites excluding steroid dienone is 10. The van der Waals surface area contributed by atoms with Crippen LogP contribution in [-0.2, 0) is 28.6 Å². The van der Waals surface area contributed by atoms with Gasteiger partial charge in [0.25, 0.3) is 0 Å². The lowest BCUT2D eigenvalue weighted by Crippen LogP contribution is -2.30. The molecule has 0 spiro atoms. The molecule has 0 aromatic rings. The number of hydrogen-bond acceptors (Lipinski definition) is 6. The van der Waals surface area contributed by atoms with Crippen LogP contribution in [0, 0.1) is 0 Å². The van der Waals surface area contributed by atoms with Crippen LogP contribution in [-0.4, -0.2) is 37.2 Å². The zero-order chi connectivity index (χ0) is 43.7. The maximum atomic E-state index is 12.8. The van der Waals surface area contributed by atoms with Crippen molar-refractivity contribution in [2.45, 2.75) is 252 Å². The van der Waals surface area contributed by atoms with Crippen molar-refractivity contribution >= 4 is 17.9 Å². The minimum atomic E-state index is -0.801. The third-order valence-corrected chi connectivity index (χ3v) is 10.8. The molecule has 346 valence electrons. The minimum absolute atomic E-state index is 0.102. The van der Waals surface area contributed by atoms with E-state index in [-0.39, 0.29) is 37.5 Å². The molecule has 0 aromatic carbocycles. The van der Waals surface area contributed by atoms with Gasteiger partial charge < -0.3 is 14.2 Å². The SMILES string of the molecule is CC/C=C\C/C=C\C/C=C\CCCC(=O)OCC(COC(=O)CCCCC/C=C\C=C/CCCCCCCCC)OC(=O)CCCCCCCCCCCCCCCCC. The first kappa shape index (κ1) is 57.1. The van der Waals surface area contributed by atoms with Crippen molar-refractivity contribution in [2.75, 3.05) is 13.2 Å². The first-order chi connectivity index (χ1) is 29.5. The van der Waals surface area contributed by atoms with Gasteiger partial charge >= 0.3 is 17.9 Å². The molecule has 6 nitrogen and oxygen atoms in total. The van der Waals surface area contributed by atoms with Gasteiger partial charge in [0.2, 0.25) is 0 Å². The third-order valence-electron chi connectivity index (χ3n) is 10.8. The number of esters is 3. The van der Waals surface area contributed by atoms with E-state index >= 15 is 0 Å². The molecule has 0 bridgehead atoms. The second kappa shape index (κ2) is 48.8. The highest BCUT2D eigenvalue weighted by molar-refractivity contribution is 5.71. The summed E-state index contributed by atoms with van der Waals surface area (Å²) in [7, 11) is 0. The molecule has 0 saturated carbocycles. The van der Waals surface area contributed by atoms with Gasteiger partial charge in [0.1, 0.15) is 13.2 Å². The van der Waals surface area contributed by atoms with Crippen molar-refractivity contribution in [3.8, 4) is 0 Å². The Labute approximate surface area is 370 Å². The zero-order valence-electron chi connectivity index (χ0n) is 39.5. The van der Waals surface area contributed by atoms with Crippen molar-refractivity contribution in [3.63, 3.8) is 0 Å². The van der Waals surface area contributed by atoms with Crippen LogP contribution < -0.4 is 0 Å². The summed E-state index contributed by atoms with van der Waals surface area (Å²) >= 11 is 0. The number of carbonyl (C=O) groups is 3. The van der Waals surface area contributed by atoms with Crippen LogP contribution in [0.5, 0.6) is 0 Å². The average Bonchev–Trinajstić information content (AvgIpc) is 3.24. The van der Waals surface area contributed by atoms with Crippen molar-refractivity contribution in [3.05, 3.63) is 60.8 Å². The molecule has 6 heteroatoms. The number of unbranched alkanes of at least 4 members (excludes halogenated alkanes) is 25. The minimum Gasteiger partial charge on any atom is -0.462 e. The molecule has 0 fully saturated rings. The molecule has 0 saturated heterocycles. The Morgan fingerprint density at radius 1 is 0.367 bits per heavy atom. The predicted octanol–water partition coefficient (Wildman–Crippen LogP) is 16.5. The van der Waals surface area contributed by atoms with Crippen LogP contribution in [0.1, 0.15) is 245 Å². The van der Waals surface area contributed by atoms with Crippen LogP contribution in [0.25, 0.3) is 0 Å². The monoisotopic (exact) mass is 839 g/mol. The lowest BCUT2D eigenvalue weighted by molar-refractivity contribution is -0.167. The van der Waals surface area contributed by atoms with Crippen LogP contribution in [0.4, 0.5) is 0 Å². The zero-order valence-corrected chi connectivity index (χ0v) is 39.5. The first-order valence-corrected chi connectivity index (χ1v) is 25.3. The maximum absolute atomic E-state index is 12.8. The summed E-state index contributed by atoms with van der Waals surface area (Å²) in [4.78, 5) is 37.9.